The Labute approximate surface area is 143 Å². The highest BCUT2D eigenvalue weighted by Gasteiger charge is 2.38. The molecule has 0 amide bonds. The van der Waals surface area contributed by atoms with Gasteiger partial charge in [-0.05, 0) is 12.1 Å². The van der Waals surface area contributed by atoms with Crippen LogP contribution in [0.5, 0.6) is 0 Å². The molecular formula is C14H7F7N4O2. The summed E-state index contributed by atoms with van der Waals surface area (Å²) in [5.41, 5.74) is -6.47. The summed E-state index contributed by atoms with van der Waals surface area (Å²) in [5.74, 6) is -1.34. The lowest BCUT2D eigenvalue weighted by atomic mass is 10.1. The summed E-state index contributed by atoms with van der Waals surface area (Å²) in [4.78, 5) is 26.7. The van der Waals surface area contributed by atoms with Gasteiger partial charge in [-0.25, -0.2) is 13.9 Å². The van der Waals surface area contributed by atoms with Crippen LogP contribution in [-0.2, 0) is 18.9 Å². The number of nitrogens with zero attached hydrogens (tertiary/aromatic N) is 2. The molecule has 2 heterocycles. The number of halogens is 7. The minimum absolute atomic E-state index is 0.182. The van der Waals surface area contributed by atoms with E-state index in [4.69, 9.17) is 0 Å². The van der Waals surface area contributed by atoms with Gasteiger partial charge in [-0.3, -0.25) is 14.8 Å². The first-order valence-corrected chi connectivity index (χ1v) is 7.04. The molecule has 27 heavy (non-hydrogen) atoms. The van der Waals surface area contributed by atoms with Crippen LogP contribution in [-0.4, -0.2) is 19.7 Å². The first kappa shape index (κ1) is 18.7. The van der Waals surface area contributed by atoms with Crippen molar-refractivity contribution in [3.8, 4) is 0 Å². The Morgan fingerprint density at radius 2 is 1.67 bits per heavy atom. The summed E-state index contributed by atoms with van der Waals surface area (Å²) < 4.78 is 91.4. The predicted molar refractivity (Wildman–Crippen MR) is 76.5 cm³/mol. The van der Waals surface area contributed by atoms with Gasteiger partial charge in [0.15, 0.2) is 5.69 Å². The SMILES string of the molecule is O=c1[nH]c(=O)c2c(C(F)(F)F)nn(Cc3ccc(C(F)(F)F)cc3F)c2[nH]1. The topological polar surface area (TPSA) is 83.5 Å². The maximum absolute atomic E-state index is 14.0. The van der Waals surface area contributed by atoms with E-state index in [0.717, 1.165) is 6.07 Å². The normalized spacial score (nSPS) is 12.7. The third kappa shape index (κ3) is 3.44. The lowest BCUT2D eigenvalue weighted by Crippen LogP contribution is -2.23. The number of nitrogens with one attached hydrogen (secondary N) is 2. The van der Waals surface area contributed by atoms with Crippen LogP contribution >= 0.6 is 0 Å². The van der Waals surface area contributed by atoms with Crippen molar-refractivity contribution in [1.29, 1.82) is 0 Å². The average molecular weight is 396 g/mol. The smallest absolute Gasteiger partial charge is 0.292 e. The second-order valence-electron chi connectivity index (χ2n) is 5.44. The molecule has 13 heteroatoms. The zero-order chi connectivity index (χ0) is 20.1. The Hall–Kier alpha value is -3.12. The van der Waals surface area contributed by atoms with Gasteiger partial charge < -0.3 is 0 Å². The van der Waals surface area contributed by atoms with E-state index in [9.17, 15) is 40.3 Å². The monoisotopic (exact) mass is 396 g/mol. The molecule has 0 aliphatic carbocycles. The molecule has 0 saturated carbocycles. The van der Waals surface area contributed by atoms with Gasteiger partial charge in [0.2, 0.25) is 0 Å². The number of aromatic nitrogens is 4. The molecular weight excluding hydrogens is 389 g/mol. The number of aromatic amines is 2. The van der Waals surface area contributed by atoms with Gasteiger partial charge in [-0.2, -0.15) is 31.4 Å². The third-order valence-corrected chi connectivity index (χ3v) is 3.61. The fourth-order valence-electron chi connectivity index (χ4n) is 2.43. The van der Waals surface area contributed by atoms with Crippen LogP contribution < -0.4 is 11.2 Å². The van der Waals surface area contributed by atoms with Crippen molar-refractivity contribution >= 4 is 11.0 Å². The van der Waals surface area contributed by atoms with Crippen LogP contribution in [0.2, 0.25) is 0 Å². The molecule has 0 aliphatic rings. The van der Waals surface area contributed by atoms with E-state index >= 15 is 0 Å². The molecule has 0 atom stereocenters. The molecule has 2 aromatic heterocycles. The fraction of sp³-hybridized carbons (Fsp3) is 0.214. The largest absolute Gasteiger partial charge is 0.436 e. The van der Waals surface area contributed by atoms with E-state index in [1.54, 1.807) is 4.98 Å². The maximum Gasteiger partial charge on any atom is 0.436 e. The molecule has 0 spiro atoms. The number of hydrogen-bond donors (Lipinski definition) is 2. The van der Waals surface area contributed by atoms with Crippen molar-refractivity contribution in [1.82, 2.24) is 19.7 Å². The Kier molecular flexibility index (Phi) is 4.12. The van der Waals surface area contributed by atoms with E-state index in [2.05, 4.69) is 5.10 Å². The van der Waals surface area contributed by atoms with Crippen molar-refractivity contribution in [2.24, 2.45) is 0 Å². The number of rotatable bonds is 2. The standard InChI is InChI=1S/C14H7F7N4O2/c15-7-3-6(13(16,17)18)2-1-5(7)4-25-10-8(9(24-25)14(19,20)21)11(26)23-12(27)22-10/h1-3H,4H2,(H2,22,23,26,27). The summed E-state index contributed by atoms with van der Waals surface area (Å²) in [6.45, 7) is -0.754. The number of alkyl halides is 6. The van der Waals surface area contributed by atoms with Crippen molar-refractivity contribution in [3.05, 3.63) is 61.7 Å². The lowest BCUT2D eigenvalue weighted by molar-refractivity contribution is -0.140. The summed E-state index contributed by atoms with van der Waals surface area (Å²) in [6.07, 6.45) is -9.87. The molecule has 0 radical (unpaired) electrons. The van der Waals surface area contributed by atoms with Crippen molar-refractivity contribution in [2.75, 3.05) is 0 Å². The molecule has 0 unspecified atom stereocenters. The Balaban J connectivity index is 2.16. The minimum atomic E-state index is -5.06. The Bertz CT molecular complexity index is 1140. The predicted octanol–water partition coefficient (Wildman–Crippen LogP) is 2.64. The Morgan fingerprint density at radius 3 is 2.22 bits per heavy atom. The molecule has 2 N–H and O–H groups in total. The summed E-state index contributed by atoms with van der Waals surface area (Å²) in [7, 11) is 0. The summed E-state index contributed by atoms with van der Waals surface area (Å²) in [5, 5.41) is 2.21. The van der Waals surface area contributed by atoms with Gasteiger partial charge in [-0.15, -0.1) is 0 Å². The van der Waals surface area contributed by atoms with Crippen LogP contribution in [0.4, 0.5) is 30.7 Å². The highest BCUT2D eigenvalue weighted by Crippen LogP contribution is 2.33. The highest BCUT2D eigenvalue weighted by molar-refractivity contribution is 5.77. The Morgan fingerprint density at radius 1 is 1.00 bits per heavy atom. The average Bonchev–Trinajstić information content (AvgIpc) is 2.87. The molecule has 0 saturated heterocycles. The van der Waals surface area contributed by atoms with E-state index in [1.807, 2.05) is 4.98 Å². The number of H-pyrrole nitrogens is 2. The first-order valence-electron chi connectivity index (χ1n) is 7.04. The van der Waals surface area contributed by atoms with Gasteiger partial charge in [0.05, 0.1) is 12.1 Å². The van der Waals surface area contributed by atoms with Crippen LogP contribution in [0.15, 0.2) is 27.8 Å². The second-order valence-corrected chi connectivity index (χ2v) is 5.44. The number of benzene rings is 1. The molecule has 0 fully saturated rings. The number of fused-ring (bicyclic) bond motifs is 1. The lowest BCUT2D eigenvalue weighted by Gasteiger charge is -2.09. The summed E-state index contributed by atoms with van der Waals surface area (Å²) in [6, 6.07) is 1.45. The van der Waals surface area contributed by atoms with Crippen LogP contribution in [0, 0.1) is 5.82 Å². The van der Waals surface area contributed by atoms with Crippen molar-refractivity contribution in [3.63, 3.8) is 0 Å². The second kappa shape index (κ2) is 5.96. The first-order chi connectivity index (χ1) is 12.4. The van der Waals surface area contributed by atoms with E-state index < -0.39 is 63.8 Å². The van der Waals surface area contributed by atoms with Crippen molar-refractivity contribution < 1.29 is 30.7 Å². The van der Waals surface area contributed by atoms with Gasteiger partial charge in [0.1, 0.15) is 16.9 Å². The molecule has 144 valence electrons. The highest BCUT2D eigenvalue weighted by atomic mass is 19.4. The van der Waals surface area contributed by atoms with E-state index in [1.165, 1.54) is 0 Å². The van der Waals surface area contributed by atoms with Crippen LogP contribution in [0.25, 0.3) is 11.0 Å². The quantitative estimate of drug-likeness (QED) is 0.654. The van der Waals surface area contributed by atoms with Gasteiger partial charge in [0, 0.05) is 5.56 Å². The molecule has 0 bridgehead atoms. The maximum atomic E-state index is 14.0. The summed E-state index contributed by atoms with van der Waals surface area (Å²) >= 11 is 0. The van der Waals surface area contributed by atoms with E-state index in [-0.39, 0.29) is 6.07 Å². The van der Waals surface area contributed by atoms with Crippen LogP contribution in [0.1, 0.15) is 16.8 Å². The molecule has 0 aliphatic heterocycles. The molecule has 3 aromatic rings. The van der Waals surface area contributed by atoms with Crippen molar-refractivity contribution in [2.45, 2.75) is 18.9 Å². The molecule has 3 rings (SSSR count). The van der Waals surface area contributed by atoms with E-state index in [0.29, 0.717) is 10.7 Å². The fourth-order valence-corrected chi connectivity index (χ4v) is 2.43. The van der Waals surface area contributed by atoms with Crippen LogP contribution in [0.3, 0.4) is 0 Å². The molecule has 6 nitrogen and oxygen atoms in total. The molecule has 1 aromatic carbocycles. The van der Waals surface area contributed by atoms with Gasteiger partial charge in [-0.1, -0.05) is 6.07 Å². The zero-order valence-corrected chi connectivity index (χ0v) is 12.8. The van der Waals surface area contributed by atoms with Gasteiger partial charge >= 0.3 is 18.0 Å². The number of hydrogen-bond acceptors (Lipinski definition) is 3. The minimum Gasteiger partial charge on any atom is -0.292 e. The van der Waals surface area contributed by atoms with Gasteiger partial charge in [0.25, 0.3) is 5.56 Å². The zero-order valence-electron chi connectivity index (χ0n) is 12.8. The third-order valence-electron chi connectivity index (χ3n) is 3.61.